The number of nitrogens with zero attached hydrogens (tertiary/aromatic N) is 1. The monoisotopic (exact) mass is 808 g/mol. The van der Waals surface area contributed by atoms with E-state index in [9.17, 15) is 33.6 Å². The van der Waals surface area contributed by atoms with Crippen molar-refractivity contribution in [2.45, 2.75) is 109 Å². The molecule has 59 heavy (non-hydrogen) atoms. The summed E-state index contributed by atoms with van der Waals surface area (Å²) < 4.78 is 6.26. The Labute approximate surface area is 345 Å². The molecule has 5 rings (SSSR count). The molecule has 1 aliphatic carbocycles. The SMILES string of the molecule is CCCC(NC(=O)[C@@H]1C[C@@H](OCc2ccccc2)CN1C(=O)C(NC(=O)c1ccc(C)cc1C)C1CCCCC1)C(=O)C(=O)NCC(=O)NC(C(N)=O)c1ccccc1. The van der Waals surface area contributed by atoms with Crippen molar-refractivity contribution in [1.29, 1.82) is 0 Å². The van der Waals surface area contributed by atoms with Gasteiger partial charge in [0.15, 0.2) is 0 Å². The number of ketones is 1. The largest absolute Gasteiger partial charge is 0.372 e. The molecule has 1 saturated carbocycles. The molecule has 3 aromatic carbocycles. The van der Waals surface area contributed by atoms with E-state index < -0.39 is 72.1 Å². The topological polar surface area (TPSA) is 206 Å². The van der Waals surface area contributed by atoms with Gasteiger partial charge in [0.25, 0.3) is 11.8 Å². The molecule has 6 amide bonds. The third-order valence-electron chi connectivity index (χ3n) is 11.0. The average molecular weight is 809 g/mol. The smallest absolute Gasteiger partial charge is 0.290 e. The number of aryl methyl sites for hydroxylation is 2. The lowest BCUT2D eigenvalue weighted by atomic mass is 9.83. The van der Waals surface area contributed by atoms with Crippen LogP contribution in [0.3, 0.4) is 0 Å². The highest BCUT2D eigenvalue weighted by Crippen LogP contribution is 2.31. The summed E-state index contributed by atoms with van der Waals surface area (Å²) in [5.41, 5.74) is 9.11. The van der Waals surface area contributed by atoms with Crippen LogP contribution in [0.5, 0.6) is 0 Å². The number of hydrogen-bond donors (Lipinski definition) is 5. The molecule has 5 atom stereocenters. The van der Waals surface area contributed by atoms with E-state index in [1.54, 1.807) is 43.3 Å². The van der Waals surface area contributed by atoms with Crippen molar-refractivity contribution < 1.29 is 38.3 Å². The number of primary amides is 1. The van der Waals surface area contributed by atoms with Gasteiger partial charge in [0.1, 0.15) is 18.1 Å². The Hall–Kier alpha value is -5.89. The maximum absolute atomic E-state index is 14.8. The number of rotatable bonds is 18. The number of nitrogens with two attached hydrogens (primary N) is 1. The molecule has 1 heterocycles. The standard InChI is InChI=1S/C45H56N6O8/c1-4-14-35(40(53)44(57)47-25-37(52)49-38(41(46)54)31-17-10-6-11-18-31)48-43(56)36-24-33(59-27-30-15-8-5-9-16-30)26-51(36)45(58)39(32-19-12-7-13-20-32)50-42(55)34-22-21-28(2)23-29(34)3/h5-6,8-11,15-18,21-23,32-33,35-36,38-39H,4,7,12-14,19-20,24-27H2,1-3H3,(H2,46,54)(H,47,57)(H,48,56)(H,49,52)(H,50,55)/t33-,35?,36+,38?,39?/m1/s1. The Balaban J connectivity index is 1.32. The third-order valence-corrected chi connectivity index (χ3v) is 11.0. The molecule has 2 fully saturated rings. The minimum atomic E-state index is -1.27. The minimum absolute atomic E-state index is 0.0731. The lowest BCUT2D eigenvalue weighted by molar-refractivity contribution is -0.143. The van der Waals surface area contributed by atoms with Crippen LogP contribution in [0, 0.1) is 19.8 Å². The highest BCUT2D eigenvalue weighted by Gasteiger charge is 2.45. The van der Waals surface area contributed by atoms with Crippen LogP contribution >= 0.6 is 0 Å². The first kappa shape index (κ1) is 44.2. The van der Waals surface area contributed by atoms with Gasteiger partial charge in [-0.2, -0.15) is 0 Å². The van der Waals surface area contributed by atoms with Gasteiger partial charge in [0, 0.05) is 18.5 Å². The Morgan fingerprint density at radius 1 is 0.847 bits per heavy atom. The van der Waals surface area contributed by atoms with Crippen molar-refractivity contribution in [2.24, 2.45) is 11.7 Å². The second kappa shape index (κ2) is 21.2. The van der Waals surface area contributed by atoms with Gasteiger partial charge in [-0.1, -0.05) is 111 Å². The molecule has 14 heteroatoms. The van der Waals surface area contributed by atoms with Crippen LogP contribution in [0.2, 0.25) is 0 Å². The van der Waals surface area contributed by atoms with Gasteiger partial charge in [-0.15, -0.1) is 0 Å². The average Bonchev–Trinajstić information content (AvgIpc) is 3.68. The van der Waals surface area contributed by atoms with Gasteiger partial charge in [0.2, 0.25) is 29.4 Å². The van der Waals surface area contributed by atoms with Crippen LogP contribution in [0.25, 0.3) is 0 Å². The molecule has 14 nitrogen and oxygen atoms in total. The fraction of sp³-hybridized carbons (Fsp3) is 0.444. The van der Waals surface area contributed by atoms with Crippen molar-refractivity contribution in [2.75, 3.05) is 13.1 Å². The lowest BCUT2D eigenvalue weighted by Crippen LogP contribution is -2.58. The molecule has 3 unspecified atom stereocenters. The third kappa shape index (κ3) is 12.1. The van der Waals surface area contributed by atoms with Crippen molar-refractivity contribution in [3.05, 3.63) is 107 Å². The second-order valence-electron chi connectivity index (χ2n) is 15.5. The summed E-state index contributed by atoms with van der Waals surface area (Å²) in [6, 6.07) is 18.9. The van der Waals surface area contributed by atoms with Crippen LogP contribution in [-0.2, 0) is 40.1 Å². The van der Waals surface area contributed by atoms with E-state index in [0.717, 1.165) is 48.8 Å². The number of likely N-dealkylation sites (tertiary alicyclic amines) is 1. The van der Waals surface area contributed by atoms with Gasteiger partial charge < -0.3 is 36.6 Å². The zero-order valence-electron chi connectivity index (χ0n) is 34.0. The molecule has 314 valence electrons. The molecule has 0 aromatic heterocycles. The van der Waals surface area contributed by atoms with Crippen LogP contribution in [0.15, 0.2) is 78.9 Å². The number of nitrogens with one attached hydrogen (secondary N) is 4. The Morgan fingerprint density at radius 2 is 1.53 bits per heavy atom. The van der Waals surface area contributed by atoms with E-state index >= 15 is 0 Å². The number of benzene rings is 3. The van der Waals surface area contributed by atoms with Crippen molar-refractivity contribution in [3.63, 3.8) is 0 Å². The Bertz CT molecular complexity index is 1970. The van der Waals surface area contributed by atoms with E-state index in [-0.39, 0.29) is 37.8 Å². The van der Waals surface area contributed by atoms with E-state index in [0.29, 0.717) is 17.5 Å². The molecule has 2 aliphatic rings. The summed E-state index contributed by atoms with van der Waals surface area (Å²) in [7, 11) is 0. The van der Waals surface area contributed by atoms with E-state index in [1.807, 2.05) is 56.3 Å². The Kier molecular flexibility index (Phi) is 15.9. The number of carbonyl (C=O) groups excluding carboxylic acids is 7. The lowest BCUT2D eigenvalue weighted by Gasteiger charge is -2.35. The first-order valence-corrected chi connectivity index (χ1v) is 20.5. The second-order valence-corrected chi connectivity index (χ2v) is 15.5. The summed E-state index contributed by atoms with van der Waals surface area (Å²) >= 11 is 0. The molecule has 3 aromatic rings. The maximum atomic E-state index is 14.8. The normalized spacial score (nSPS) is 18.2. The summed E-state index contributed by atoms with van der Waals surface area (Å²) in [6.45, 7) is 5.27. The van der Waals surface area contributed by atoms with E-state index in [1.165, 1.54) is 4.90 Å². The maximum Gasteiger partial charge on any atom is 0.290 e. The van der Waals surface area contributed by atoms with Crippen molar-refractivity contribution in [1.82, 2.24) is 26.2 Å². The summed E-state index contributed by atoms with van der Waals surface area (Å²) in [5, 5.41) is 10.5. The number of amides is 6. The predicted molar refractivity (Wildman–Crippen MR) is 220 cm³/mol. The van der Waals surface area contributed by atoms with Gasteiger partial charge in [-0.05, 0) is 61.8 Å². The number of carbonyl (C=O) groups is 7. The molecule has 0 spiro atoms. The summed E-state index contributed by atoms with van der Waals surface area (Å²) in [6.07, 6.45) is 4.41. The molecule has 6 N–H and O–H groups in total. The van der Waals surface area contributed by atoms with Crippen molar-refractivity contribution in [3.8, 4) is 0 Å². The fourth-order valence-corrected chi connectivity index (χ4v) is 7.92. The summed E-state index contributed by atoms with van der Waals surface area (Å²) in [5.74, 6) is -5.22. The zero-order valence-corrected chi connectivity index (χ0v) is 34.0. The number of ether oxygens (including phenoxy) is 1. The van der Waals surface area contributed by atoms with Crippen molar-refractivity contribution >= 4 is 41.2 Å². The highest BCUT2D eigenvalue weighted by molar-refractivity contribution is 6.38. The fourth-order valence-electron chi connectivity index (χ4n) is 7.92. The van der Waals surface area contributed by atoms with Crippen LogP contribution in [-0.4, -0.2) is 83.4 Å². The molecular formula is C45H56N6O8. The predicted octanol–water partition coefficient (Wildman–Crippen LogP) is 3.48. The molecule has 0 radical (unpaired) electrons. The molecule has 1 aliphatic heterocycles. The minimum Gasteiger partial charge on any atom is -0.372 e. The van der Waals surface area contributed by atoms with Crippen LogP contribution in [0.1, 0.15) is 96.9 Å². The van der Waals surface area contributed by atoms with Crippen LogP contribution < -0.4 is 27.0 Å². The molecular weight excluding hydrogens is 753 g/mol. The highest BCUT2D eigenvalue weighted by atomic mass is 16.5. The first-order chi connectivity index (χ1) is 28.4. The zero-order chi connectivity index (χ0) is 42.5. The van der Waals surface area contributed by atoms with E-state index in [4.69, 9.17) is 10.5 Å². The quantitative estimate of drug-likeness (QED) is 0.120. The van der Waals surface area contributed by atoms with E-state index in [2.05, 4.69) is 21.3 Å². The number of Topliss-reactive ketones (excluding diaryl/α,β-unsaturated/α-hetero) is 1. The van der Waals surface area contributed by atoms with Gasteiger partial charge in [-0.3, -0.25) is 33.6 Å². The Morgan fingerprint density at radius 3 is 2.17 bits per heavy atom. The molecule has 1 saturated heterocycles. The summed E-state index contributed by atoms with van der Waals surface area (Å²) in [4.78, 5) is 95.7. The van der Waals surface area contributed by atoms with Crippen LogP contribution in [0.4, 0.5) is 0 Å². The van der Waals surface area contributed by atoms with Gasteiger partial charge >= 0.3 is 0 Å². The molecule has 0 bridgehead atoms. The van der Waals surface area contributed by atoms with Gasteiger partial charge in [0.05, 0.1) is 25.3 Å². The number of hydrogen-bond acceptors (Lipinski definition) is 8. The van der Waals surface area contributed by atoms with Gasteiger partial charge in [-0.25, -0.2) is 0 Å². The first-order valence-electron chi connectivity index (χ1n) is 20.5.